The minimum absolute atomic E-state index is 0.163. The maximum Gasteiger partial charge on any atom is 0.208 e. The summed E-state index contributed by atoms with van der Waals surface area (Å²) < 4.78 is 6.24. The summed E-state index contributed by atoms with van der Waals surface area (Å²) in [7, 11) is 0. The van der Waals surface area contributed by atoms with Crippen LogP contribution in [0.3, 0.4) is 0 Å². The van der Waals surface area contributed by atoms with Crippen LogP contribution in [0.15, 0.2) is 28.9 Å². The number of benzene rings is 1. The van der Waals surface area contributed by atoms with E-state index in [1.165, 1.54) is 0 Å². The van der Waals surface area contributed by atoms with E-state index in [-0.39, 0.29) is 5.82 Å². The smallest absolute Gasteiger partial charge is 0.208 e. The summed E-state index contributed by atoms with van der Waals surface area (Å²) >= 11 is 0. The quantitative estimate of drug-likeness (QED) is 0.552. The van der Waals surface area contributed by atoms with E-state index in [4.69, 9.17) is 5.73 Å². The van der Waals surface area contributed by atoms with Gasteiger partial charge in [0, 0.05) is 5.39 Å². The van der Waals surface area contributed by atoms with Crippen LogP contribution in [0.5, 0.6) is 0 Å². The number of hydrogen-bond donors (Lipinski definition) is 1. The van der Waals surface area contributed by atoms with Crippen molar-refractivity contribution in [3.8, 4) is 11.5 Å². The number of fused-ring (bicyclic) bond motifs is 3. The molecule has 0 atom stereocenters. The van der Waals surface area contributed by atoms with Crippen LogP contribution in [0.1, 0.15) is 5.82 Å². The molecule has 0 aliphatic rings. The lowest BCUT2D eigenvalue weighted by Gasteiger charge is -2.01. The van der Waals surface area contributed by atoms with Crippen LogP contribution in [0.4, 0.5) is 5.82 Å². The van der Waals surface area contributed by atoms with Crippen LogP contribution in [0, 0.1) is 6.92 Å². The maximum atomic E-state index is 5.67. The fourth-order valence-electron chi connectivity index (χ4n) is 2.14. The number of hydrogen-bond acceptors (Lipinski definition) is 7. The number of nitrogen functional groups attached to an aromatic ring is 1. The zero-order valence-corrected chi connectivity index (χ0v) is 10.5. The molecule has 20 heavy (non-hydrogen) atoms. The summed E-state index contributed by atoms with van der Waals surface area (Å²) in [5.74, 6) is 1.26. The van der Waals surface area contributed by atoms with Crippen LogP contribution in [-0.4, -0.2) is 29.9 Å². The Hall–Kier alpha value is -3.03. The van der Waals surface area contributed by atoms with Gasteiger partial charge in [-0.15, -0.1) is 5.10 Å². The van der Waals surface area contributed by atoms with E-state index in [0.717, 1.165) is 16.7 Å². The molecule has 0 spiro atoms. The molecule has 8 heteroatoms. The number of aromatic nitrogens is 6. The molecule has 0 unspecified atom stereocenters. The van der Waals surface area contributed by atoms with Crippen molar-refractivity contribution in [1.29, 1.82) is 0 Å². The van der Waals surface area contributed by atoms with Crippen molar-refractivity contribution in [3.63, 3.8) is 0 Å². The highest BCUT2D eigenvalue weighted by atomic mass is 16.6. The molecule has 3 heterocycles. The van der Waals surface area contributed by atoms with E-state index in [9.17, 15) is 0 Å². The molecule has 8 nitrogen and oxygen atoms in total. The number of anilines is 1. The van der Waals surface area contributed by atoms with Crippen LogP contribution in [-0.2, 0) is 0 Å². The Labute approximate surface area is 112 Å². The van der Waals surface area contributed by atoms with E-state index in [0.29, 0.717) is 17.2 Å². The topological polar surface area (TPSA) is 108 Å². The number of para-hydroxylation sites is 1. The van der Waals surface area contributed by atoms with Gasteiger partial charge in [-0.2, -0.15) is 4.52 Å². The molecule has 0 bridgehead atoms. The second kappa shape index (κ2) is 3.73. The van der Waals surface area contributed by atoms with Gasteiger partial charge in [-0.3, -0.25) is 0 Å². The fraction of sp³-hybridized carbons (Fsp3) is 0.0833. The largest absolute Gasteiger partial charge is 0.379 e. The highest BCUT2D eigenvalue weighted by molar-refractivity contribution is 5.91. The molecule has 0 saturated heterocycles. The van der Waals surface area contributed by atoms with Crippen LogP contribution in [0.25, 0.3) is 28.1 Å². The van der Waals surface area contributed by atoms with Gasteiger partial charge in [0.15, 0.2) is 17.2 Å². The van der Waals surface area contributed by atoms with Gasteiger partial charge in [-0.05, 0) is 29.4 Å². The third-order valence-corrected chi connectivity index (χ3v) is 3.07. The number of nitrogens with zero attached hydrogens (tertiary/aromatic N) is 6. The molecule has 0 saturated carbocycles. The van der Waals surface area contributed by atoms with Gasteiger partial charge in [0.1, 0.15) is 5.82 Å². The second-order valence-electron chi connectivity index (χ2n) is 4.35. The summed E-state index contributed by atoms with van der Waals surface area (Å²) in [4.78, 5) is 8.96. The standard InChI is InChI=1S/C12H9N7O/c1-6-14-8-5-3-2-4-7(8)12-15-11(16-19(6)12)9-10(13)18-20-17-9/h2-5H,1H3,(H2,13,18). The molecule has 2 N–H and O–H groups in total. The molecule has 1 aromatic carbocycles. The first-order valence-electron chi connectivity index (χ1n) is 5.94. The van der Waals surface area contributed by atoms with Gasteiger partial charge < -0.3 is 5.73 Å². The lowest BCUT2D eigenvalue weighted by atomic mass is 10.2. The normalized spacial score (nSPS) is 11.4. The Morgan fingerprint density at radius 1 is 1.15 bits per heavy atom. The maximum absolute atomic E-state index is 5.67. The monoisotopic (exact) mass is 267 g/mol. The van der Waals surface area contributed by atoms with Crippen molar-refractivity contribution >= 4 is 22.4 Å². The van der Waals surface area contributed by atoms with Gasteiger partial charge in [0.2, 0.25) is 5.82 Å². The summed E-state index contributed by atoms with van der Waals surface area (Å²) in [6, 6.07) is 7.74. The number of nitrogens with two attached hydrogens (primary N) is 1. The molecule has 98 valence electrons. The lowest BCUT2D eigenvalue weighted by Crippen LogP contribution is -1.98. The SMILES string of the molecule is Cc1nc2ccccc2c2nc(-c3nonc3N)nn12. The average Bonchev–Trinajstić information content (AvgIpc) is 3.05. The Morgan fingerprint density at radius 2 is 2.00 bits per heavy atom. The van der Waals surface area contributed by atoms with Gasteiger partial charge in [-0.1, -0.05) is 12.1 Å². The molecule has 3 aromatic heterocycles. The third-order valence-electron chi connectivity index (χ3n) is 3.07. The molecule has 0 radical (unpaired) electrons. The van der Waals surface area contributed by atoms with Crippen molar-refractivity contribution in [2.24, 2.45) is 0 Å². The van der Waals surface area contributed by atoms with Gasteiger partial charge in [0.25, 0.3) is 0 Å². The predicted molar refractivity (Wildman–Crippen MR) is 70.7 cm³/mol. The van der Waals surface area contributed by atoms with Crippen molar-refractivity contribution in [2.45, 2.75) is 6.92 Å². The van der Waals surface area contributed by atoms with E-state index < -0.39 is 0 Å². The first kappa shape index (κ1) is 10.9. The van der Waals surface area contributed by atoms with E-state index >= 15 is 0 Å². The van der Waals surface area contributed by atoms with Gasteiger partial charge in [-0.25, -0.2) is 14.6 Å². The minimum atomic E-state index is 0.163. The second-order valence-corrected chi connectivity index (χ2v) is 4.35. The Balaban J connectivity index is 2.11. The fourth-order valence-corrected chi connectivity index (χ4v) is 2.14. The highest BCUT2D eigenvalue weighted by Gasteiger charge is 2.17. The zero-order valence-electron chi connectivity index (χ0n) is 10.5. The van der Waals surface area contributed by atoms with Crippen molar-refractivity contribution in [3.05, 3.63) is 30.1 Å². The van der Waals surface area contributed by atoms with E-state index in [1.54, 1.807) is 4.52 Å². The average molecular weight is 267 g/mol. The Morgan fingerprint density at radius 3 is 2.80 bits per heavy atom. The highest BCUT2D eigenvalue weighted by Crippen LogP contribution is 2.23. The number of aryl methyl sites for hydroxylation is 1. The van der Waals surface area contributed by atoms with E-state index in [2.05, 4.69) is 30.0 Å². The Kier molecular flexibility index (Phi) is 2.02. The lowest BCUT2D eigenvalue weighted by molar-refractivity contribution is 0.310. The van der Waals surface area contributed by atoms with Crippen LogP contribution < -0.4 is 5.73 Å². The molecule has 4 rings (SSSR count). The molecular weight excluding hydrogens is 258 g/mol. The van der Waals surface area contributed by atoms with Gasteiger partial charge in [0.05, 0.1) is 5.52 Å². The summed E-state index contributed by atoms with van der Waals surface area (Å²) in [6.45, 7) is 1.86. The van der Waals surface area contributed by atoms with Crippen LogP contribution >= 0.6 is 0 Å². The van der Waals surface area contributed by atoms with Crippen molar-refractivity contribution in [1.82, 2.24) is 29.9 Å². The summed E-state index contributed by atoms with van der Waals surface area (Å²) in [5, 5.41) is 12.5. The first-order valence-corrected chi connectivity index (χ1v) is 5.94. The van der Waals surface area contributed by atoms with Crippen molar-refractivity contribution < 1.29 is 4.63 Å². The van der Waals surface area contributed by atoms with E-state index in [1.807, 2.05) is 31.2 Å². The van der Waals surface area contributed by atoms with Crippen LogP contribution in [0.2, 0.25) is 0 Å². The predicted octanol–water partition coefficient (Wildman–Crippen LogP) is 1.22. The third kappa shape index (κ3) is 1.38. The van der Waals surface area contributed by atoms with Gasteiger partial charge >= 0.3 is 0 Å². The van der Waals surface area contributed by atoms with Crippen molar-refractivity contribution in [2.75, 3.05) is 5.73 Å². The zero-order chi connectivity index (χ0) is 13.7. The Bertz CT molecular complexity index is 939. The number of rotatable bonds is 1. The molecule has 0 aliphatic heterocycles. The summed E-state index contributed by atoms with van der Waals surface area (Å²) in [5.41, 5.74) is 7.57. The molecule has 0 aliphatic carbocycles. The molecule has 0 fully saturated rings. The molecular formula is C12H9N7O. The molecule has 4 aromatic rings. The molecule has 0 amide bonds. The minimum Gasteiger partial charge on any atom is -0.379 e. The first-order chi connectivity index (χ1) is 9.74. The summed E-state index contributed by atoms with van der Waals surface area (Å²) in [6.07, 6.45) is 0.